The summed E-state index contributed by atoms with van der Waals surface area (Å²) in [4.78, 5) is 7.52. The first kappa shape index (κ1) is 21.2. The third-order valence-electron chi connectivity index (χ3n) is 6.57. The van der Waals surface area contributed by atoms with Gasteiger partial charge in [0.2, 0.25) is 0 Å². The largest absolute Gasteiger partial charge is 0.390 e. The molecule has 4 heteroatoms. The van der Waals surface area contributed by atoms with Crippen LogP contribution in [0.1, 0.15) is 31.4 Å². The molecule has 1 atom stereocenters. The highest BCUT2D eigenvalue weighted by Crippen LogP contribution is 2.30. The van der Waals surface area contributed by atoms with E-state index in [9.17, 15) is 5.11 Å². The van der Waals surface area contributed by atoms with Gasteiger partial charge in [-0.05, 0) is 69.0 Å². The molecule has 2 fully saturated rings. The smallest absolute Gasteiger partial charge is 0.0631 e. The summed E-state index contributed by atoms with van der Waals surface area (Å²) in [5.74, 6) is 0.703. The number of hydrogen-bond donors (Lipinski definition) is 1. The fourth-order valence-electron chi connectivity index (χ4n) is 4.91. The standard InChI is InChI=1S/C26H37N3O/c1-26(2,30)19-21-8-10-24(11-9-21)29-13-12-22(20-29)18-23-6-4-5-7-25(23)28-16-14-27(3)15-17-28/h4-11,22,30H,12-20H2,1-3H3/t22-/m1/s1. The van der Waals surface area contributed by atoms with Crippen LogP contribution in [0.4, 0.5) is 11.4 Å². The Bertz CT molecular complexity index is 819. The third-order valence-corrected chi connectivity index (χ3v) is 6.57. The molecule has 4 rings (SSSR count). The lowest BCUT2D eigenvalue weighted by Crippen LogP contribution is -2.44. The van der Waals surface area contributed by atoms with Gasteiger partial charge in [0.15, 0.2) is 0 Å². The number of nitrogens with zero attached hydrogens (tertiary/aromatic N) is 3. The SMILES string of the molecule is CN1CCN(c2ccccc2C[C@H]2CCN(c3ccc(CC(C)(C)O)cc3)C2)CC1. The van der Waals surface area contributed by atoms with Crippen molar-refractivity contribution in [3.8, 4) is 0 Å². The molecule has 2 aromatic rings. The highest BCUT2D eigenvalue weighted by Gasteiger charge is 2.25. The quantitative estimate of drug-likeness (QED) is 0.788. The molecule has 0 bridgehead atoms. The first-order valence-corrected chi connectivity index (χ1v) is 11.4. The molecule has 162 valence electrons. The summed E-state index contributed by atoms with van der Waals surface area (Å²) in [6.07, 6.45) is 3.11. The Morgan fingerprint density at radius 2 is 1.60 bits per heavy atom. The van der Waals surface area contributed by atoms with Crippen LogP contribution in [0.25, 0.3) is 0 Å². The van der Waals surface area contributed by atoms with Crippen LogP contribution in [0.5, 0.6) is 0 Å². The minimum absolute atomic E-state index is 0.655. The number of aliphatic hydroxyl groups is 1. The lowest BCUT2D eigenvalue weighted by atomic mass is 9.96. The number of piperazine rings is 1. The second-order valence-electron chi connectivity index (χ2n) is 9.88. The highest BCUT2D eigenvalue weighted by atomic mass is 16.3. The average Bonchev–Trinajstić information content (AvgIpc) is 3.17. The Morgan fingerprint density at radius 1 is 0.900 bits per heavy atom. The summed E-state index contributed by atoms with van der Waals surface area (Å²) in [7, 11) is 2.22. The van der Waals surface area contributed by atoms with Gasteiger partial charge in [0.1, 0.15) is 0 Å². The molecule has 0 aliphatic carbocycles. The molecule has 0 aromatic heterocycles. The molecular formula is C26H37N3O. The van der Waals surface area contributed by atoms with Crippen molar-refractivity contribution in [3.63, 3.8) is 0 Å². The predicted molar refractivity (Wildman–Crippen MR) is 127 cm³/mol. The number of rotatable bonds is 6. The maximum atomic E-state index is 10.0. The molecule has 1 N–H and O–H groups in total. The number of benzene rings is 2. The number of anilines is 2. The fraction of sp³-hybridized carbons (Fsp3) is 0.538. The Kier molecular flexibility index (Phi) is 6.35. The molecular weight excluding hydrogens is 370 g/mol. The summed E-state index contributed by atoms with van der Waals surface area (Å²) in [6.45, 7) is 10.5. The van der Waals surface area contributed by atoms with E-state index in [1.54, 1.807) is 0 Å². The molecule has 0 spiro atoms. The zero-order valence-electron chi connectivity index (χ0n) is 18.8. The van der Waals surface area contributed by atoms with E-state index in [2.05, 4.69) is 70.3 Å². The van der Waals surface area contributed by atoms with E-state index in [4.69, 9.17) is 0 Å². The summed E-state index contributed by atoms with van der Waals surface area (Å²) in [6, 6.07) is 17.8. The predicted octanol–water partition coefficient (Wildman–Crippen LogP) is 3.82. The summed E-state index contributed by atoms with van der Waals surface area (Å²) < 4.78 is 0. The molecule has 30 heavy (non-hydrogen) atoms. The second kappa shape index (κ2) is 8.99. The normalized spacial score (nSPS) is 20.7. The summed E-state index contributed by atoms with van der Waals surface area (Å²) in [5.41, 5.74) is 4.80. The monoisotopic (exact) mass is 407 g/mol. The molecule has 0 unspecified atom stereocenters. The molecule has 2 heterocycles. The van der Waals surface area contributed by atoms with Gasteiger partial charge in [-0.15, -0.1) is 0 Å². The van der Waals surface area contributed by atoms with E-state index in [0.717, 1.165) is 45.7 Å². The van der Waals surface area contributed by atoms with Crippen LogP contribution < -0.4 is 9.80 Å². The van der Waals surface area contributed by atoms with Gasteiger partial charge in [-0.3, -0.25) is 0 Å². The Balaban J connectivity index is 1.38. The highest BCUT2D eigenvalue weighted by molar-refractivity contribution is 5.55. The average molecular weight is 408 g/mol. The number of para-hydroxylation sites is 1. The Labute approximate surface area is 182 Å². The Morgan fingerprint density at radius 3 is 2.30 bits per heavy atom. The molecule has 2 aliphatic rings. The van der Waals surface area contributed by atoms with Gasteiger partial charge in [0.05, 0.1) is 5.60 Å². The fourth-order valence-corrected chi connectivity index (χ4v) is 4.91. The summed E-state index contributed by atoms with van der Waals surface area (Å²) >= 11 is 0. The van der Waals surface area contributed by atoms with Gasteiger partial charge < -0.3 is 19.8 Å². The van der Waals surface area contributed by atoms with Gasteiger partial charge in [-0.25, -0.2) is 0 Å². The van der Waals surface area contributed by atoms with Gasteiger partial charge in [0, 0.05) is 57.1 Å². The second-order valence-corrected chi connectivity index (χ2v) is 9.88. The van der Waals surface area contributed by atoms with Crippen molar-refractivity contribution in [3.05, 3.63) is 59.7 Å². The number of hydrogen-bond acceptors (Lipinski definition) is 4. The van der Waals surface area contributed by atoms with Crippen LogP contribution in [0.3, 0.4) is 0 Å². The van der Waals surface area contributed by atoms with Gasteiger partial charge in [-0.2, -0.15) is 0 Å². The van der Waals surface area contributed by atoms with E-state index < -0.39 is 5.60 Å². The number of likely N-dealkylation sites (N-methyl/N-ethyl adjacent to an activating group) is 1. The van der Waals surface area contributed by atoms with Crippen LogP contribution in [0.15, 0.2) is 48.5 Å². The van der Waals surface area contributed by atoms with Gasteiger partial charge in [0.25, 0.3) is 0 Å². The maximum Gasteiger partial charge on any atom is 0.0631 e. The molecule has 0 saturated carbocycles. The minimum atomic E-state index is -0.655. The van der Waals surface area contributed by atoms with Crippen molar-refractivity contribution in [1.82, 2.24) is 4.90 Å². The first-order valence-electron chi connectivity index (χ1n) is 11.4. The molecule has 2 aromatic carbocycles. The van der Waals surface area contributed by atoms with Gasteiger partial charge >= 0.3 is 0 Å². The maximum absolute atomic E-state index is 10.0. The van der Waals surface area contributed by atoms with Crippen molar-refractivity contribution in [1.29, 1.82) is 0 Å². The topological polar surface area (TPSA) is 30.0 Å². The van der Waals surface area contributed by atoms with Crippen LogP contribution in [-0.2, 0) is 12.8 Å². The molecule has 2 aliphatic heterocycles. The zero-order chi connectivity index (χ0) is 21.1. The van der Waals surface area contributed by atoms with Crippen LogP contribution in [-0.4, -0.2) is 61.9 Å². The van der Waals surface area contributed by atoms with Crippen LogP contribution >= 0.6 is 0 Å². The molecule has 4 nitrogen and oxygen atoms in total. The molecule has 0 radical (unpaired) electrons. The Hall–Kier alpha value is -2.04. The molecule has 2 saturated heterocycles. The zero-order valence-corrected chi connectivity index (χ0v) is 18.8. The van der Waals surface area contributed by atoms with E-state index in [1.165, 1.54) is 28.9 Å². The van der Waals surface area contributed by atoms with Crippen molar-refractivity contribution in [2.75, 3.05) is 56.1 Å². The van der Waals surface area contributed by atoms with Crippen LogP contribution in [0, 0.1) is 5.92 Å². The summed E-state index contributed by atoms with van der Waals surface area (Å²) in [5, 5.41) is 10.0. The minimum Gasteiger partial charge on any atom is -0.390 e. The third kappa shape index (κ3) is 5.35. The van der Waals surface area contributed by atoms with Crippen molar-refractivity contribution in [2.45, 2.75) is 38.7 Å². The van der Waals surface area contributed by atoms with E-state index >= 15 is 0 Å². The van der Waals surface area contributed by atoms with E-state index in [1.807, 2.05) is 13.8 Å². The lowest BCUT2D eigenvalue weighted by Gasteiger charge is -2.35. The van der Waals surface area contributed by atoms with Crippen LogP contribution in [0.2, 0.25) is 0 Å². The van der Waals surface area contributed by atoms with Crippen molar-refractivity contribution >= 4 is 11.4 Å². The molecule has 0 amide bonds. The van der Waals surface area contributed by atoms with E-state index in [0.29, 0.717) is 12.3 Å². The lowest BCUT2D eigenvalue weighted by molar-refractivity contribution is 0.0810. The van der Waals surface area contributed by atoms with Gasteiger partial charge in [-0.1, -0.05) is 30.3 Å². The van der Waals surface area contributed by atoms with Crippen molar-refractivity contribution in [2.24, 2.45) is 5.92 Å². The van der Waals surface area contributed by atoms with Crippen molar-refractivity contribution < 1.29 is 5.11 Å². The van der Waals surface area contributed by atoms with E-state index in [-0.39, 0.29) is 0 Å². The first-order chi connectivity index (χ1) is 14.4.